The van der Waals surface area contributed by atoms with Crippen LogP contribution in [0.3, 0.4) is 0 Å². The minimum Gasteiger partial charge on any atom is -0.309 e. The lowest BCUT2D eigenvalue weighted by molar-refractivity contribution is -0.120. The molecule has 1 aliphatic heterocycles. The number of aliphatic imine (C=N–C) groups is 1. The zero-order valence-corrected chi connectivity index (χ0v) is 10.9. The number of nitrogens with zero attached hydrogens (tertiary/aromatic N) is 1. The second-order valence-electron chi connectivity index (χ2n) is 4.80. The number of fused-ring (bicyclic) bond motifs is 1. The lowest BCUT2D eigenvalue weighted by atomic mass is 10.0. The van der Waals surface area contributed by atoms with Crippen molar-refractivity contribution in [3.63, 3.8) is 0 Å². The average Bonchev–Trinajstić information content (AvgIpc) is 2.80. The highest BCUT2D eigenvalue weighted by atomic mass is 16.2. The van der Waals surface area contributed by atoms with Crippen molar-refractivity contribution in [2.75, 3.05) is 0 Å². The van der Waals surface area contributed by atoms with Crippen molar-refractivity contribution in [3.8, 4) is 0 Å². The third kappa shape index (κ3) is 2.12. The molecule has 96 valence electrons. The molecule has 19 heavy (non-hydrogen) atoms. The first-order valence-electron chi connectivity index (χ1n) is 6.66. The zero-order valence-electron chi connectivity index (χ0n) is 10.9. The molecule has 2 aromatic rings. The molecule has 1 atom stereocenters. The fourth-order valence-electron chi connectivity index (χ4n) is 2.48. The summed E-state index contributed by atoms with van der Waals surface area (Å²) >= 11 is 0. The molecular formula is C16H16N2O. The quantitative estimate of drug-likeness (QED) is 0.896. The predicted molar refractivity (Wildman–Crippen MR) is 77.3 cm³/mol. The smallest absolute Gasteiger partial charge is 0.250 e. The van der Waals surface area contributed by atoms with Gasteiger partial charge in [0.2, 0.25) is 5.91 Å². The summed E-state index contributed by atoms with van der Waals surface area (Å²) in [4.78, 5) is 16.4. The molecule has 0 spiro atoms. The van der Waals surface area contributed by atoms with E-state index in [1.54, 1.807) is 0 Å². The number of rotatable bonds is 3. The first-order valence-corrected chi connectivity index (χ1v) is 6.66. The summed E-state index contributed by atoms with van der Waals surface area (Å²) in [5.41, 5.74) is 1.00. The van der Waals surface area contributed by atoms with E-state index in [-0.39, 0.29) is 11.9 Å². The molecule has 0 aliphatic carbocycles. The number of amidine groups is 1. The molecule has 1 N–H and O–H groups in total. The summed E-state index contributed by atoms with van der Waals surface area (Å²) in [6.07, 6.45) is 1.77. The van der Waals surface area contributed by atoms with E-state index in [1.165, 1.54) is 0 Å². The Morgan fingerprint density at radius 2 is 1.95 bits per heavy atom. The lowest BCUT2D eigenvalue weighted by Crippen LogP contribution is -2.29. The minimum atomic E-state index is -0.223. The molecule has 1 aliphatic rings. The monoisotopic (exact) mass is 252 g/mol. The third-order valence-electron chi connectivity index (χ3n) is 3.44. The van der Waals surface area contributed by atoms with Gasteiger partial charge < -0.3 is 5.32 Å². The maximum absolute atomic E-state index is 11.9. The van der Waals surface area contributed by atoms with E-state index in [0.29, 0.717) is 5.84 Å². The first-order chi connectivity index (χ1) is 9.29. The summed E-state index contributed by atoms with van der Waals surface area (Å²) in [6.45, 7) is 2.07. The molecule has 0 fully saturated rings. The van der Waals surface area contributed by atoms with Crippen LogP contribution < -0.4 is 5.32 Å². The van der Waals surface area contributed by atoms with E-state index in [4.69, 9.17) is 0 Å². The highest BCUT2D eigenvalue weighted by Gasteiger charge is 2.26. The van der Waals surface area contributed by atoms with E-state index in [9.17, 15) is 4.79 Å². The van der Waals surface area contributed by atoms with Crippen LogP contribution >= 0.6 is 0 Å². The lowest BCUT2D eigenvalue weighted by Gasteiger charge is -2.05. The van der Waals surface area contributed by atoms with E-state index in [2.05, 4.69) is 35.4 Å². The van der Waals surface area contributed by atoms with Crippen molar-refractivity contribution in [3.05, 3.63) is 48.0 Å². The van der Waals surface area contributed by atoms with Gasteiger partial charge in [-0.25, -0.2) is 0 Å². The fraction of sp³-hybridized carbons (Fsp3) is 0.250. The van der Waals surface area contributed by atoms with Gasteiger partial charge in [-0.2, -0.15) is 0 Å². The average molecular weight is 252 g/mol. The van der Waals surface area contributed by atoms with Crippen LogP contribution in [-0.2, 0) is 4.79 Å². The summed E-state index contributed by atoms with van der Waals surface area (Å²) in [6, 6.07) is 14.0. The molecule has 0 saturated carbocycles. The topological polar surface area (TPSA) is 41.5 Å². The molecule has 0 radical (unpaired) electrons. The highest BCUT2D eigenvalue weighted by molar-refractivity contribution is 6.18. The number of benzene rings is 2. The Hall–Kier alpha value is -2.16. The Morgan fingerprint density at radius 3 is 2.79 bits per heavy atom. The number of amides is 1. The minimum absolute atomic E-state index is 0.0183. The number of nitrogens with one attached hydrogen (secondary N) is 1. The van der Waals surface area contributed by atoms with Gasteiger partial charge in [0.25, 0.3) is 0 Å². The highest BCUT2D eigenvalue weighted by Crippen LogP contribution is 2.21. The molecule has 0 aromatic heterocycles. The Labute approximate surface area is 112 Å². The van der Waals surface area contributed by atoms with Crippen LogP contribution in [0.5, 0.6) is 0 Å². The van der Waals surface area contributed by atoms with Crippen molar-refractivity contribution in [2.45, 2.75) is 25.8 Å². The largest absolute Gasteiger partial charge is 0.309 e. The van der Waals surface area contributed by atoms with Gasteiger partial charge in [-0.1, -0.05) is 55.8 Å². The van der Waals surface area contributed by atoms with Crippen molar-refractivity contribution in [1.29, 1.82) is 0 Å². The van der Waals surface area contributed by atoms with Crippen molar-refractivity contribution in [1.82, 2.24) is 5.32 Å². The Kier molecular flexibility index (Phi) is 3.03. The molecule has 0 bridgehead atoms. The maximum atomic E-state index is 11.9. The van der Waals surface area contributed by atoms with Crippen LogP contribution in [0, 0.1) is 0 Å². The molecule has 3 nitrogen and oxygen atoms in total. The van der Waals surface area contributed by atoms with E-state index in [0.717, 1.165) is 29.2 Å². The van der Waals surface area contributed by atoms with Crippen LogP contribution in [0.2, 0.25) is 0 Å². The molecule has 3 rings (SSSR count). The number of carbonyl (C=O) groups excluding carboxylic acids is 1. The standard InChI is InChI=1S/C16H16N2O/c1-2-6-14-16(19)18-15(17-14)13-10-5-8-11-7-3-4-9-12(11)13/h3-5,7-10,14H,2,6H2,1H3,(H,17,18,19). The Bertz CT molecular complexity index is 655. The van der Waals surface area contributed by atoms with Crippen LogP contribution in [0.15, 0.2) is 47.5 Å². The summed E-state index contributed by atoms with van der Waals surface area (Å²) < 4.78 is 0. The Morgan fingerprint density at radius 1 is 1.16 bits per heavy atom. The zero-order chi connectivity index (χ0) is 13.2. The Balaban J connectivity index is 2.06. The third-order valence-corrected chi connectivity index (χ3v) is 3.44. The summed E-state index contributed by atoms with van der Waals surface area (Å²) in [5.74, 6) is 0.727. The second kappa shape index (κ2) is 4.84. The van der Waals surface area contributed by atoms with Gasteiger partial charge in [-0.15, -0.1) is 0 Å². The van der Waals surface area contributed by atoms with Crippen molar-refractivity contribution < 1.29 is 4.79 Å². The summed E-state index contributed by atoms with van der Waals surface area (Å²) in [7, 11) is 0. The molecular weight excluding hydrogens is 236 g/mol. The molecule has 2 aromatic carbocycles. The van der Waals surface area contributed by atoms with Gasteiger partial charge in [0, 0.05) is 5.56 Å². The predicted octanol–water partition coefficient (Wildman–Crippen LogP) is 2.88. The van der Waals surface area contributed by atoms with Gasteiger partial charge in [0.1, 0.15) is 11.9 Å². The molecule has 0 saturated heterocycles. The number of hydrogen-bond acceptors (Lipinski definition) is 2. The normalized spacial score (nSPS) is 18.5. The van der Waals surface area contributed by atoms with Crippen LogP contribution in [0.1, 0.15) is 25.3 Å². The van der Waals surface area contributed by atoms with E-state index in [1.807, 2.05) is 24.3 Å². The molecule has 1 heterocycles. The number of carbonyl (C=O) groups is 1. The first kappa shape index (κ1) is 11.9. The molecule has 1 amide bonds. The molecule has 1 unspecified atom stereocenters. The second-order valence-corrected chi connectivity index (χ2v) is 4.80. The molecule has 3 heteroatoms. The van der Waals surface area contributed by atoms with Gasteiger partial charge >= 0.3 is 0 Å². The van der Waals surface area contributed by atoms with Gasteiger partial charge in [-0.3, -0.25) is 9.79 Å². The van der Waals surface area contributed by atoms with Crippen LogP contribution in [0.4, 0.5) is 0 Å². The van der Waals surface area contributed by atoms with Gasteiger partial charge in [0.05, 0.1) is 0 Å². The van der Waals surface area contributed by atoms with E-state index < -0.39 is 0 Å². The fourth-order valence-corrected chi connectivity index (χ4v) is 2.48. The number of hydrogen-bond donors (Lipinski definition) is 1. The van der Waals surface area contributed by atoms with E-state index >= 15 is 0 Å². The summed E-state index contributed by atoms with van der Waals surface area (Å²) in [5, 5.41) is 5.20. The van der Waals surface area contributed by atoms with Crippen molar-refractivity contribution >= 4 is 22.5 Å². The SMILES string of the molecule is CCCC1N=C(c2cccc3ccccc23)NC1=O. The van der Waals surface area contributed by atoms with Crippen LogP contribution in [-0.4, -0.2) is 17.8 Å². The van der Waals surface area contributed by atoms with Gasteiger partial charge in [-0.05, 0) is 17.2 Å². The van der Waals surface area contributed by atoms with Gasteiger partial charge in [0.15, 0.2) is 0 Å². The van der Waals surface area contributed by atoms with Crippen LogP contribution in [0.25, 0.3) is 10.8 Å². The maximum Gasteiger partial charge on any atom is 0.250 e. The van der Waals surface area contributed by atoms with Crippen molar-refractivity contribution in [2.24, 2.45) is 4.99 Å².